The molecule has 142 valence electrons. The van der Waals surface area contributed by atoms with Crippen molar-refractivity contribution in [3.63, 3.8) is 0 Å². The number of nitrogen functional groups attached to an aromatic ring is 1. The molecule has 5 rings (SSSR count). The topological polar surface area (TPSA) is 89.1 Å². The molecule has 1 atom stereocenters. The summed E-state index contributed by atoms with van der Waals surface area (Å²) in [7, 11) is 0. The molecule has 0 saturated heterocycles. The van der Waals surface area contributed by atoms with Crippen molar-refractivity contribution >= 4 is 23.1 Å². The number of nitrogens with zero attached hydrogens (tertiary/aromatic N) is 4. The molecule has 4 heterocycles. The normalized spacial score (nSPS) is 18.1. The van der Waals surface area contributed by atoms with Crippen LogP contribution in [0.3, 0.4) is 0 Å². The van der Waals surface area contributed by atoms with E-state index in [-0.39, 0.29) is 11.8 Å². The van der Waals surface area contributed by atoms with Gasteiger partial charge in [0.05, 0.1) is 18.2 Å². The van der Waals surface area contributed by atoms with Crippen LogP contribution < -0.4 is 16.0 Å². The van der Waals surface area contributed by atoms with Crippen molar-refractivity contribution in [1.29, 1.82) is 0 Å². The van der Waals surface area contributed by atoms with Crippen molar-refractivity contribution in [3.05, 3.63) is 65.6 Å². The molecule has 2 aromatic heterocycles. The molecule has 3 aromatic rings. The van der Waals surface area contributed by atoms with Gasteiger partial charge in [-0.15, -0.1) is 0 Å². The van der Waals surface area contributed by atoms with E-state index in [9.17, 15) is 4.79 Å². The van der Waals surface area contributed by atoms with Gasteiger partial charge in [0.2, 0.25) is 0 Å². The first-order chi connectivity index (χ1) is 13.7. The van der Waals surface area contributed by atoms with Crippen LogP contribution in [-0.4, -0.2) is 33.8 Å². The average Bonchev–Trinajstić information content (AvgIpc) is 3.09. The monoisotopic (exact) mass is 374 g/mol. The second-order valence-electron chi connectivity index (χ2n) is 7.29. The molecule has 1 aromatic carbocycles. The van der Waals surface area contributed by atoms with Gasteiger partial charge >= 0.3 is 0 Å². The highest BCUT2D eigenvalue weighted by molar-refractivity contribution is 5.90. The van der Waals surface area contributed by atoms with E-state index in [1.807, 2.05) is 36.4 Å². The molecule has 1 unspecified atom stereocenters. The largest absolute Gasteiger partial charge is 0.385 e. The molecule has 28 heavy (non-hydrogen) atoms. The summed E-state index contributed by atoms with van der Waals surface area (Å²) in [6.07, 6.45) is 5.09. The third-order valence-electron chi connectivity index (χ3n) is 5.70. The van der Waals surface area contributed by atoms with Crippen LogP contribution in [0, 0.1) is 0 Å². The van der Waals surface area contributed by atoms with Crippen molar-refractivity contribution in [3.8, 4) is 0 Å². The summed E-state index contributed by atoms with van der Waals surface area (Å²) in [6, 6.07) is 11.9. The summed E-state index contributed by atoms with van der Waals surface area (Å²) >= 11 is 0. The predicted octanol–water partition coefficient (Wildman–Crippen LogP) is 2.66. The van der Waals surface area contributed by atoms with Gasteiger partial charge < -0.3 is 16.0 Å². The standard InChI is InChI=1S/C21H22N6O/c22-20-17-8-12-26(14-5-9-23-10-6-14)13-19(17)25-27(20)21(28)16-7-11-24-18-4-2-1-3-15(16)18/h1-6,9-10,16,24H,7-8,11-13,22H2. The highest BCUT2D eigenvalue weighted by Gasteiger charge is 2.32. The van der Waals surface area contributed by atoms with Gasteiger partial charge in [-0.05, 0) is 36.6 Å². The van der Waals surface area contributed by atoms with Gasteiger partial charge in [0.1, 0.15) is 5.82 Å². The first-order valence-electron chi connectivity index (χ1n) is 9.60. The Labute approximate surface area is 163 Å². The Bertz CT molecular complexity index is 1030. The Balaban J connectivity index is 1.45. The number of hydrogen-bond donors (Lipinski definition) is 2. The van der Waals surface area contributed by atoms with E-state index in [4.69, 9.17) is 5.73 Å². The number of benzene rings is 1. The van der Waals surface area contributed by atoms with Crippen LogP contribution in [0.4, 0.5) is 17.2 Å². The molecule has 2 aliphatic rings. The molecule has 0 amide bonds. The Kier molecular flexibility index (Phi) is 4.00. The second kappa shape index (κ2) is 6.67. The fourth-order valence-corrected chi connectivity index (χ4v) is 4.23. The van der Waals surface area contributed by atoms with E-state index >= 15 is 0 Å². The zero-order valence-electron chi connectivity index (χ0n) is 15.5. The van der Waals surface area contributed by atoms with E-state index in [0.717, 1.165) is 54.1 Å². The first-order valence-corrected chi connectivity index (χ1v) is 9.60. The van der Waals surface area contributed by atoms with Crippen LogP contribution in [0.5, 0.6) is 0 Å². The van der Waals surface area contributed by atoms with Crippen molar-refractivity contribution < 1.29 is 4.79 Å². The molecule has 0 fully saturated rings. The van der Waals surface area contributed by atoms with Gasteiger partial charge in [0.25, 0.3) is 5.91 Å². The van der Waals surface area contributed by atoms with Crippen molar-refractivity contribution in [2.45, 2.75) is 25.3 Å². The quantitative estimate of drug-likeness (QED) is 0.717. The van der Waals surface area contributed by atoms with Crippen LogP contribution in [0.25, 0.3) is 0 Å². The van der Waals surface area contributed by atoms with Crippen LogP contribution in [-0.2, 0) is 13.0 Å². The maximum atomic E-state index is 13.3. The minimum Gasteiger partial charge on any atom is -0.385 e. The highest BCUT2D eigenvalue weighted by atomic mass is 16.2. The molecule has 0 bridgehead atoms. The lowest BCUT2D eigenvalue weighted by Gasteiger charge is -2.28. The lowest BCUT2D eigenvalue weighted by atomic mass is 9.90. The number of nitrogens with one attached hydrogen (secondary N) is 1. The summed E-state index contributed by atoms with van der Waals surface area (Å²) in [5.41, 5.74) is 11.4. The Morgan fingerprint density at radius 2 is 2.00 bits per heavy atom. The minimum atomic E-state index is -0.225. The highest BCUT2D eigenvalue weighted by Crippen LogP contribution is 2.34. The molecule has 3 N–H and O–H groups in total. The fourth-order valence-electron chi connectivity index (χ4n) is 4.23. The molecule has 7 nitrogen and oxygen atoms in total. The van der Waals surface area contributed by atoms with E-state index < -0.39 is 0 Å². The van der Waals surface area contributed by atoms with E-state index in [0.29, 0.717) is 12.4 Å². The molecule has 0 radical (unpaired) electrons. The maximum Gasteiger partial charge on any atom is 0.256 e. The summed E-state index contributed by atoms with van der Waals surface area (Å²) in [5.74, 6) is 0.221. The summed E-state index contributed by atoms with van der Waals surface area (Å²) in [6.45, 7) is 2.26. The van der Waals surface area contributed by atoms with Gasteiger partial charge in [-0.3, -0.25) is 9.78 Å². The molecule has 0 spiro atoms. The van der Waals surface area contributed by atoms with Crippen molar-refractivity contribution in [1.82, 2.24) is 14.8 Å². The maximum absolute atomic E-state index is 13.3. The Morgan fingerprint density at radius 3 is 2.86 bits per heavy atom. The number of para-hydroxylation sites is 1. The number of rotatable bonds is 2. The van der Waals surface area contributed by atoms with Gasteiger partial charge in [-0.2, -0.15) is 9.78 Å². The zero-order chi connectivity index (χ0) is 19.1. The number of nitrogens with two attached hydrogens (primary N) is 1. The van der Waals surface area contributed by atoms with Gasteiger partial charge in [0, 0.05) is 42.4 Å². The lowest BCUT2D eigenvalue weighted by molar-refractivity contribution is 0.0859. The van der Waals surface area contributed by atoms with Crippen LogP contribution in [0.1, 0.15) is 34.0 Å². The summed E-state index contributed by atoms with van der Waals surface area (Å²) in [5, 5.41) is 8.00. The number of pyridine rings is 1. The van der Waals surface area contributed by atoms with Crippen molar-refractivity contribution in [2.75, 3.05) is 29.0 Å². The van der Waals surface area contributed by atoms with Crippen LogP contribution >= 0.6 is 0 Å². The average molecular weight is 374 g/mol. The lowest BCUT2D eigenvalue weighted by Crippen LogP contribution is -2.30. The SMILES string of the molecule is Nc1c2c(nn1C(=O)C1CCNc3ccccc31)CN(c1ccncc1)CC2. The van der Waals surface area contributed by atoms with Crippen LogP contribution in [0.15, 0.2) is 48.8 Å². The van der Waals surface area contributed by atoms with Gasteiger partial charge in [-0.25, -0.2) is 0 Å². The number of fused-ring (bicyclic) bond motifs is 2. The predicted molar refractivity (Wildman–Crippen MR) is 109 cm³/mol. The molecule has 0 aliphatic carbocycles. The Hall–Kier alpha value is -3.35. The Morgan fingerprint density at radius 1 is 1.18 bits per heavy atom. The van der Waals surface area contributed by atoms with Gasteiger partial charge in [-0.1, -0.05) is 18.2 Å². The number of anilines is 3. The van der Waals surface area contributed by atoms with E-state index in [2.05, 4.69) is 20.3 Å². The van der Waals surface area contributed by atoms with Gasteiger partial charge in [0.15, 0.2) is 0 Å². The summed E-state index contributed by atoms with van der Waals surface area (Å²) in [4.78, 5) is 19.6. The number of aromatic nitrogens is 3. The molecular formula is C21H22N6O. The summed E-state index contributed by atoms with van der Waals surface area (Å²) < 4.78 is 1.44. The number of carbonyl (C=O) groups excluding carboxylic acids is 1. The van der Waals surface area contributed by atoms with E-state index in [1.165, 1.54) is 4.68 Å². The smallest absolute Gasteiger partial charge is 0.256 e. The molecule has 0 saturated carbocycles. The van der Waals surface area contributed by atoms with E-state index in [1.54, 1.807) is 12.4 Å². The molecule has 2 aliphatic heterocycles. The van der Waals surface area contributed by atoms with Crippen molar-refractivity contribution in [2.24, 2.45) is 0 Å². The third-order valence-corrected chi connectivity index (χ3v) is 5.70. The molecular weight excluding hydrogens is 352 g/mol. The zero-order valence-corrected chi connectivity index (χ0v) is 15.5. The second-order valence-corrected chi connectivity index (χ2v) is 7.29. The number of hydrogen-bond acceptors (Lipinski definition) is 6. The fraction of sp³-hybridized carbons (Fsp3) is 0.286. The molecule has 7 heteroatoms. The third kappa shape index (κ3) is 2.70. The van der Waals surface area contributed by atoms with Crippen LogP contribution in [0.2, 0.25) is 0 Å². The first kappa shape index (κ1) is 16.8. The minimum absolute atomic E-state index is 0.0451. The number of carbonyl (C=O) groups is 1.